The summed E-state index contributed by atoms with van der Waals surface area (Å²) in [5.41, 5.74) is -0.424. The van der Waals surface area contributed by atoms with Crippen molar-refractivity contribution in [2.24, 2.45) is 11.8 Å². The maximum atomic E-state index is 12.3. The van der Waals surface area contributed by atoms with Crippen molar-refractivity contribution >= 4 is 5.97 Å². The number of methoxy groups -OCH3 is 1. The van der Waals surface area contributed by atoms with Crippen LogP contribution in [0.5, 0.6) is 0 Å². The molecule has 0 radical (unpaired) electrons. The Hall–Kier alpha value is -0.610. The Bertz CT molecular complexity index is 340. The first-order valence-electron chi connectivity index (χ1n) is 8.68. The van der Waals surface area contributed by atoms with Crippen LogP contribution in [0.1, 0.15) is 52.4 Å². The van der Waals surface area contributed by atoms with Gasteiger partial charge in [0.1, 0.15) is 5.54 Å². The molecule has 2 fully saturated rings. The lowest BCUT2D eigenvalue weighted by Gasteiger charge is -2.36. The van der Waals surface area contributed by atoms with Crippen molar-refractivity contribution in [2.45, 2.75) is 57.9 Å². The van der Waals surface area contributed by atoms with Crippen LogP contribution in [0.3, 0.4) is 0 Å². The predicted octanol–water partition coefficient (Wildman–Crippen LogP) is 2.43. The van der Waals surface area contributed by atoms with Crippen LogP contribution >= 0.6 is 0 Å². The number of esters is 1. The number of likely N-dealkylation sites (tertiary alicyclic amines) is 1. The molecule has 1 aliphatic carbocycles. The highest BCUT2D eigenvalue weighted by Gasteiger charge is 2.49. The molecule has 0 aromatic rings. The van der Waals surface area contributed by atoms with Crippen molar-refractivity contribution in [2.75, 3.05) is 33.3 Å². The molecule has 0 aromatic carbocycles. The first kappa shape index (κ1) is 16.8. The molecular formula is C17H32N2O2. The van der Waals surface area contributed by atoms with E-state index in [4.69, 9.17) is 4.74 Å². The summed E-state index contributed by atoms with van der Waals surface area (Å²) in [6, 6.07) is 0. The molecule has 0 aromatic heterocycles. The summed E-state index contributed by atoms with van der Waals surface area (Å²) in [4.78, 5) is 14.9. The zero-order valence-corrected chi connectivity index (χ0v) is 14.0. The highest BCUT2D eigenvalue weighted by molar-refractivity contribution is 5.81. The minimum absolute atomic E-state index is 0.0564. The number of hydrogen-bond donors (Lipinski definition) is 1. The number of nitrogens with one attached hydrogen (secondary N) is 1. The van der Waals surface area contributed by atoms with Crippen molar-refractivity contribution in [3.8, 4) is 0 Å². The average Bonchev–Trinajstić information content (AvgIpc) is 2.90. The zero-order chi connectivity index (χ0) is 15.3. The largest absolute Gasteiger partial charge is 0.468 e. The topological polar surface area (TPSA) is 41.6 Å². The van der Waals surface area contributed by atoms with Gasteiger partial charge >= 0.3 is 5.97 Å². The molecule has 4 heteroatoms. The lowest BCUT2D eigenvalue weighted by Crippen LogP contribution is -2.55. The smallest absolute Gasteiger partial charge is 0.326 e. The van der Waals surface area contributed by atoms with Gasteiger partial charge in [0.2, 0.25) is 0 Å². The standard InChI is InChI=1S/C17H32N2O2/c1-4-18-17(16(20)21-3)10-5-6-15(17)9-13-19-11-7-14(2)8-12-19/h14-15,18H,4-13H2,1-3H3. The summed E-state index contributed by atoms with van der Waals surface area (Å²) in [6.45, 7) is 8.82. The van der Waals surface area contributed by atoms with E-state index in [9.17, 15) is 4.79 Å². The van der Waals surface area contributed by atoms with Gasteiger partial charge in [0, 0.05) is 0 Å². The van der Waals surface area contributed by atoms with Crippen molar-refractivity contribution in [1.29, 1.82) is 0 Å². The molecule has 4 nitrogen and oxygen atoms in total. The highest BCUT2D eigenvalue weighted by atomic mass is 16.5. The first-order valence-corrected chi connectivity index (χ1v) is 8.68. The van der Waals surface area contributed by atoms with Gasteiger partial charge in [-0.25, -0.2) is 0 Å². The van der Waals surface area contributed by atoms with Crippen molar-refractivity contribution in [3.05, 3.63) is 0 Å². The van der Waals surface area contributed by atoms with Crippen molar-refractivity contribution < 1.29 is 9.53 Å². The third-order valence-electron chi connectivity index (χ3n) is 5.53. The molecule has 2 atom stereocenters. The van der Waals surface area contributed by atoms with E-state index in [1.165, 1.54) is 33.0 Å². The van der Waals surface area contributed by atoms with Crippen LogP contribution in [-0.2, 0) is 9.53 Å². The lowest BCUT2D eigenvalue weighted by molar-refractivity contribution is -0.150. The summed E-state index contributed by atoms with van der Waals surface area (Å²) in [7, 11) is 1.52. The van der Waals surface area contributed by atoms with Crippen molar-refractivity contribution in [3.63, 3.8) is 0 Å². The second-order valence-electron chi connectivity index (χ2n) is 6.90. The van der Waals surface area contributed by atoms with Gasteiger partial charge in [-0.1, -0.05) is 20.3 Å². The van der Waals surface area contributed by atoms with E-state index in [0.29, 0.717) is 5.92 Å². The van der Waals surface area contributed by atoms with Crippen LogP contribution in [-0.4, -0.2) is 49.7 Å². The number of rotatable bonds is 6. The Morgan fingerprint density at radius 2 is 2.05 bits per heavy atom. The van der Waals surface area contributed by atoms with E-state index < -0.39 is 5.54 Å². The quantitative estimate of drug-likeness (QED) is 0.764. The van der Waals surface area contributed by atoms with Crippen LogP contribution in [0.25, 0.3) is 0 Å². The van der Waals surface area contributed by atoms with Gasteiger partial charge in [0.05, 0.1) is 7.11 Å². The first-order chi connectivity index (χ1) is 10.1. The van der Waals surface area contributed by atoms with Gasteiger partial charge in [-0.15, -0.1) is 0 Å². The molecule has 1 heterocycles. The van der Waals surface area contributed by atoms with Gasteiger partial charge in [-0.05, 0) is 70.1 Å². The molecule has 1 saturated heterocycles. The molecule has 0 spiro atoms. The lowest BCUT2D eigenvalue weighted by atomic mass is 9.84. The Morgan fingerprint density at radius 1 is 1.33 bits per heavy atom. The number of hydrogen-bond acceptors (Lipinski definition) is 4. The van der Waals surface area contributed by atoms with E-state index in [1.54, 1.807) is 0 Å². The molecule has 0 bridgehead atoms. The Morgan fingerprint density at radius 3 is 2.67 bits per heavy atom. The van der Waals surface area contributed by atoms with E-state index in [2.05, 4.69) is 24.1 Å². The monoisotopic (exact) mass is 296 g/mol. The van der Waals surface area contributed by atoms with E-state index in [1.807, 2.05) is 0 Å². The molecular weight excluding hydrogens is 264 g/mol. The number of ether oxygens (including phenoxy) is 1. The fraction of sp³-hybridized carbons (Fsp3) is 0.941. The molecule has 1 saturated carbocycles. The number of piperidine rings is 1. The fourth-order valence-electron chi connectivity index (χ4n) is 4.16. The van der Waals surface area contributed by atoms with Crippen LogP contribution in [0.15, 0.2) is 0 Å². The second kappa shape index (κ2) is 7.59. The van der Waals surface area contributed by atoms with Crippen LogP contribution in [0.4, 0.5) is 0 Å². The fourth-order valence-corrected chi connectivity index (χ4v) is 4.16. The summed E-state index contributed by atoms with van der Waals surface area (Å²) in [5, 5.41) is 3.46. The molecule has 1 N–H and O–H groups in total. The maximum absolute atomic E-state index is 12.3. The Kier molecular flexibility index (Phi) is 6.06. The van der Waals surface area contributed by atoms with Gasteiger partial charge in [-0.2, -0.15) is 0 Å². The summed E-state index contributed by atoms with van der Waals surface area (Å²) < 4.78 is 5.11. The molecule has 21 heavy (non-hydrogen) atoms. The SMILES string of the molecule is CCNC1(C(=O)OC)CCCC1CCN1CCC(C)CC1. The van der Waals surface area contributed by atoms with Gasteiger partial charge in [-0.3, -0.25) is 4.79 Å². The van der Waals surface area contributed by atoms with E-state index in [0.717, 1.165) is 44.7 Å². The van der Waals surface area contributed by atoms with Gasteiger partial charge in [0.15, 0.2) is 0 Å². The third kappa shape index (κ3) is 3.78. The van der Waals surface area contributed by atoms with Crippen molar-refractivity contribution in [1.82, 2.24) is 10.2 Å². The second-order valence-corrected chi connectivity index (χ2v) is 6.90. The molecule has 0 amide bonds. The summed E-state index contributed by atoms with van der Waals surface area (Å²) in [6.07, 6.45) is 6.95. The average molecular weight is 296 g/mol. The van der Waals surface area contributed by atoms with Crippen LogP contribution in [0, 0.1) is 11.8 Å². The maximum Gasteiger partial charge on any atom is 0.326 e. The summed E-state index contributed by atoms with van der Waals surface area (Å²) >= 11 is 0. The molecule has 2 aliphatic rings. The minimum Gasteiger partial charge on any atom is -0.468 e. The number of carbonyl (C=O) groups excluding carboxylic acids is 1. The normalized spacial score (nSPS) is 31.5. The minimum atomic E-state index is -0.424. The number of carbonyl (C=O) groups is 1. The van der Waals surface area contributed by atoms with E-state index >= 15 is 0 Å². The molecule has 2 unspecified atom stereocenters. The third-order valence-corrected chi connectivity index (χ3v) is 5.53. The molecule has 2 rings (SSSR count). The molecule has 122 valence electrons. The predicted molar refractivity (Wildman–Crippen MR) is 85.2 cm³/mol. The number of nitrogens with zero attached hydrogens (tertiary/aromatic N) is 1. The van der Waals surface area contributed by atoms with E-state index in [-0.39, 0.29) is 5.97 Å². The Labute approximate surface area is 129 Å². The Balaban J connectivity index is 1.92. The van der Waals surface area contributed by atoms with Gasteiger partial charge in [0.25, 0.3) is 0 Å². The van der Waals surface area contributed by atoms with Gasteiger partial charge < -0.3 is 15.0 Å². The van der Waals surface area contributed by atoms with Crippen LogP contribution < -0.4 is 5.32 Å². The van der Waals surface area contributed by atoms with Crippen LogP contribution in [0.2, 0.25) is 0 Å². The molecule has 1 aliphatic heterocycles. The summed E-state index contributed by atoms with van der Waals surface area (Å²) in [5.74, 6) is 1.24. The highest BCUT2D eigenvalue weighted by Crippen LogP contribution is 2.39. The number of likely N-dealkylation sites (N-methyl/N-ethyl adjacent to an activating group) is 1. The zero-order valence-electron chi connectivity index (χ0n) is 14.0.